The van der Waals surface area contributed by atoms with Gasteiger partial charge in [-0.05, 0) is 29.8 Å². The molecule has 3 aromatic heterocycles. The van der Waals surface area contributed by atoms with Crippen LogP contribution in [0.5, 0.6) is 0 Å². The molecule has 0 fully saturated rings. The van der Waals surface area contributed by atoms with Crippen molar-refractivity contribution in [3.05, 3.63) is 99.5 Å². The van der Waals surface area contributed by atoms with Crippen molar-refractivity contribution in [2.45, 2.75) is 9.96 Å². The molecule has 0 saturated carbocycles. The molecule has 0 unspecified atom stereocenters. The number of carbonyl (C=O) groups excluding carboxylic acids is 1. The van der Waals surface area contributed by atoms with Crippen LogP contribution in [0.15, 0.2) is 87.7 Å². The Bertz CT molecular complexity index is 1320. The van der Waals surface area contributed by atoms with Crippen molar-refractivity contribution in [1.82, 2.24) is 9.38 Å². The molecule has 0 N–H and O–H groups in total. The number of ketones is 1. The van der Waals surface area contributed by atoms with Gasteiger partial charge in [0, 0.05) is 22.0 Å². The number of benzene rings is 2. The van der Waals surface area contributed by atoms with E-state index in [1.54, 1.807) is 23.1 Å². The Morgan fingerprint density at radius 2 is 1.76 bits per heavy atom. The molecule has 0 aliphatic carbocycles. The number of hydrogen-bond donors (Lipinski definition) is 0. The van der Waals surface area contributed by atoms with Crippen LogP contribution in [-0.4, -0.2) is 15.2 Å². The van der Waals surface area contributed by atoms with Gasteiger partial charge in [0.15, 0.2) is 0 Å². The lowest BCUT2D eigenvalue weighted by atomic mass is 10.1. The summed E-state index contributed by atoms with van der Waals surface area (Å²) >= 11 is 6.78. The topological polar surface area (TPSA) is 34.4 Å². The molecule has 3 heterocycles. The molecular weight excluding hydrogens is 464 g/mol. The molecule has 5 aromatic rings. The number of rotatable bonds is 5. The Kier molecular flexibility index (Phi) is 4.99. The third kappa shape index (κ3) is 3.52. The number of imidazole rings is 1. The number of halogens is 1. The molecule has 0 radical (unpaired) electrons. The van der Waals surface area contributed by atoms with Crippen LogP contribution < -0.4 is 0 Å². The van der Waals surface area contributed by atoms with Gasteiger partial charge in [-0.1, -0.05) is 64.5 Å². The highest BCUT2D eigenvalue weighted by Gasteiger charge is 2.23. The van der Waals surface area contributed by atoms with E-state index in [4.69, 9.17) is 4.98 Å². The lowest BCUT2D eigenvalue weighted by Gasteiger charge is -2.02. The number of pyridine rings is 1. The van der Waals surface area contributed by atoms with E-state index in [1.165, 1.54) is 5.56 Å². The Morgan fingerprint density at radius 3 is 2.55 bits per heavy atom. The standard InChI is InChI=1S/C23H15BrN2OS2/c24-17-11-9-15(10-12-17)14-28-23-20-19(25-18-8-4-5-13-26(18)20)22(29-23)21(27)16-6-2-1-3-7-16/h1-13H,14H2. The lowest BCUT2D eigenvalue weighted by Crippen LogP contribution is -1.98. The Balaban J connectivity index is 1.61. The molecule has 0 amide bonds. The summed E-state index contributed by atoms with van der Waals surface area (Å²) in [5, 5.41) is 0. The fraction of sp³-hybridized carbons (Fsp3) is 0.0435. The molecule has 0 aliphatic heterocycles. The van der Waals surface area contributed by atoms with E-state index in [2.05, 4.69) is 44.6 Å². The maximum atomic E-state index is 13.2. The van der Waals surface area contributed by atoms with Gasteiger partial charge in [-0.25, -0.2) is 4.98 Å². The average Bonchev–Trinajstić information content (AvgIpc) is 3.31. The van der Waals surface area contributed by atoms with Gasteiger partial charge < -0.3 is 0 Å². The van der Waals surface area contributed by atoms with Crippen LogP contribution in [0.25, 0.3) is 16.7 Å². The van der Waals surface area contributed by atoms with E-state index in [1.807, 2.05) is 54.7 Å². The fourth-order valence-corrected chi connectivity index (χ4v) is 5.92. The molecular formula is C23H15BrN2OS2. The van der Waals surface area contributed by atoms with Crippen molar-refractivity contribution in [2.75, 3.05) is 0 Å². The molecule has 0 aliphatic rings. The van der Waals surface area contributed by atoms with Crippen molar-refractivity contribution in [3.63, 3.8) is 0 Å². The Morgan fingerprint density at radius 1 is 1.00 bits per heavy atom. The second kappa shape index (κ2) is 7.78. The average molecular weight is 479 g/mol. The normalized spacial score (nSPS) is 11.3. The van der Waals surface area contributed by atoms with E-state index in [-0.39, 0.29) is 5.78 Å². The van der Waals surface area contributed by atoms with Crippen molar-refractivity contribution in [2.24, 2.45) is 0 Å². The number of thioether (sulfide) groups is 1. The molecule has 0 spiro atoms. The first kappa shape index (κ1) is 18.6. The van der Waals surface area contributed by atoms with E-state index < -0.39 is 0 Å². The highest BCUT2D eigenvalue weighted by molar-refractivity contribution is 9.10. The van der Waals surface area contributed by atoms with Gasteiger partial charge in [0.05, 0.1) is 9.73 Å². The quantitative estimate of drug-likeness (QED) is 0.205. The lowest BCUT2D eigenvalue weighted by molar-refractivity contribution is 0.104. The number of fused-ring (bicyclic) bond motifs is 3. The number of hydrogen-bond acceptors (Lipinski definition) is 4. The fourth-order valence-electron chi connectivity index (χ4n) is 3.24. The van der Waals surface area contributed by atoms with Gasteiger partial charge in [-0.3, -0.25) is 9.20 Å². The molecule has 0 saturated heterocycles. The van der Waals surface area contributed by atoms with Crippen LogP contribution in [0.2, 0.25) is 0 Å². The summed E-state index contributed by atoms with van der Waals surface area (Å²) in [5.74, 6) is 0.863. The monoisotopic (exact) mass is 478 g/mol. The predicted octanol–water partition coefficient (Wildman–Crippen LogP) is 6.83. The van der Waals surface area contributed by atoms with Gasteiger partial charge in [0.2, 0.25) is 5.78 Å². The molecule has 0 atom stereocenters. The minimum absolute atomic E-state index is 0.0273. The van der Waals surface area contributed by atoms with Gasteiger partial charge in [-0.15, -0.1) is 23.1 Å². The molecule has 3 nitrogen and oxygen atoms in total. The van der Waals surface area contributed by atoms with E-state index in [0.717, 1.165) is 31.1 Å². The number of nitrogens with zero attached hydrogens (tertiary/aromatic N) is 2. The third-order valence-electron chi connectivity index (χ3n) is 4.66. The first-order valence-corrected chi connectivity index (χ1v) is 11.7. The van der Waals surface area contributed by atoms with Crippen molar-refractivity contribution in [3.8, 4) is 0 Å². The van der Waals surface area contributed by atoms with Crippen LogP contribution in [-0.2, 0) is 5.75 Å². The zero-order chi connectivity index (χ0) is 19.8. The number of carbonyl (C=O) groups is 1. The maximum Gasteiger partial charge on any atom is 0.205 e. The first-order valence-electron chi connectivity index (χ1n) is 9.07. The second-order valence-corrected chi connectivity index (χ2v) is 9.75. The SMILES string of the molecule is O=C(c1ccccc1)c1sc(SCc2ccc(Br)cc2)c2c1nc1ccccn12. The van der Waals surface area contributed by atoms with Crippen molar-refractivity contribution < 1.29 is 4.79 Å². The Labute approximate surface area is 184 Å². The molecule has 2 aromatic carbocycles. The minimum Gasteiger partial charge on any atom is -0.298 e. The van der Waals surface area contributed by atoms with E-state index in [9.17, 15) is 4.79 Å². The molecule has 0 bridgehead atoms. The van der Waals surface area contributed by atoms with E-state index >= 15 is 0 Å². The van der Waals surface area contributed by atoms with Crippen LogP contribution in [0.1, 0.15) is 20.8 Å². The van der Waals surface area contributed by atoms with Crippen LogP contribution in [0.3, 0.4) is 0 Å². The van der Waals surface area contributed by atoms with Crippen LogP contribution in [0.4, 0.5) is 0 Å². The van der Waals surface area contributed by atoms with Crippen LogP contribution in [0, 0.1) is 0 Å². The molecule has 142 valence electrons. The highest BCUT2D eigenvalue weighted by atomic mass is 79.9. The predicted molar refractivity (Wildman–Crippen MR) is 124 cm³/mol. The van der Waals surface area contributed by atoms with Gasteiger partial charge in [0.1, 0.15) is 16.0 Å². The van der Waals surface area contributed by atoms with E-state index in [0.29, 0.717) is 10.4 Å². The number of thiophene rings is 1. The molecule has 29 heavy (non-hydrogen) atoms. The third-order valence-corrected chi connectivity index (χ3v) is 7.69. The highest BCUT2D eigenvalue weighted by Crippen LogP contribution is 2.40. The minimum atomic E-state index is 0.0273. The first-order chi connectivity index (χ1) is 14.2. The van der Waals surface area contributed by atoms with Gasteiger partial charge in [0.25, 0.3) is 0 Å². The molecule has 6 heteroatoms. The zero-order valence-electron chi connectivity index (χ0n) is 15.2. The van der Waals surface area contributed by atoms with Crippen LogP contribution >= 0.6 is 39.0 Å². The van der Waals surface area contributed by atoms with Gasteiger partial charge >= 0.3 is 0 Å². The zero-order valence-corrected chi connectivity index (χ0v) is 18.4. The summed E-state index contributed by atoms with van der Waals surface area (Å²) in [7, 11) is 0. The summed E-state index contributed by atoms with van der Waals surface area (Å²) < 4.78 is 4.26. The maximum absolute atomic E-state index is 13.2. The van der Waals surface area contributed by atoms with Gasteiger partial charge in [-0.2, -0.15) is 0 Å². The summed E-state index contributed by atoms with van der Waals surface area (Å²) in [5.41, 5.74) is 4.60. The van der Waals surface area contributed by atoms with Crippen molar-refractivity contribution in [1.29, 1.82) is 0 Å². The summed E-state index contributed by atoms with van der Waals surface area (Å²) in [6, 6.07) is 23.7. The second-order valence-electron chi connectivity index (χ2n) is 6.57. The Hall–Kier alpha value is -2.41. The summed E-state index contributed by atoms with van der Waals surface area (Å²) in [4.78, 5) is 18.7. The number of aromatic nitrogens is 2. The van der Waals surface area contributed by atoms with Crippen molar-refractivity contribution >= 4 is 61.5 Å². The smallest absolute Gasteiger partial charge is 0.205 e. The summed E-state index contributed by atoms with van der Waals surface area (Å²) in [6.45, 7) is 0. The summed E-state index contributed by atoms with van der Waals surface area (Å²) in [6.07, 6.45) is 2.01. The largest absolute Gasteiger partial charge is 0.298 e. The molecule has 5 rings (SSSR count).